The normalized spacial score (nSPS) is 50.3. The molecule has 4 aliphatic rings. The third kappa shape index (κ3) is 2.43. The van der Waals surface area contributed by atoms with Crippen molar-refractivity contribution in [1.82, 2.24) is 0 Å². The summed E-state index contributed by atoms with van der Waals surface area (Å²) >= 11 is 0. The summed E-state index contributed by atoms with van der Waals surface area (Å²) in [4.78, 5) is 24.6. The number of ketones is 1. The van der Waals surface area contributed by atoms with Crippen LogP contribution in [-0.2, 0) is 14.3 Å². The first kappa shape index (κ1) is 18.2. The maximum Gasteiger partial charge on any atom is 0.302 e. The summed E-state index contributed by atoms with van der Waals surface area (Å²) in [5, 5.41) is 21.5. The minimum absolute atomic E-state index is 0.113. The van der Waals surface area contributed by atoms with Gasteiger partial charge >= 0.3 is 5.97 Å². The summed E-state index contributed by atoms with van der Waals surface area (Å²) < 4.78 is 5.40. The Morgan fingerprint density at radius 2 is 1.96 bits per heavy atom. The summed E-state index contributed by atoms with van der Waals surface area (Å²) in [5.41, 5.74) is 0.391. The Balaban J connectivity index is 1.70. The number of carbonyl (C=O) groups excluding carboxylic acids is 2. The highest BCUT2D eigenvalue weighted by molar-refractivity contribution is 5.85. The Morgan fingerprint density at radius 1 is 1.23 bits per heavy atom. The van der Waals surface area contributed by atoms with Crippen molar-refractivity contribution in [3.05, 3.63) is 11.6 Å². The molecule has 144 valence electrons. The van der Waals surface area contributed by atoms with Crippen LogP contribution in [0.4, 0.5) is 0 Å². The van der Waals surface area contributed by atoms with Gasteiger partial charge < -0.3 is 14.9 Å². The molecule has 4 aliphatic carbocycles. The molecular formula is C21H30O5. The van der Waals surface area contributed by atoms with Gasteiger partial charge in [0.2, 0.25) is 0 Å². The number of carbonyl (C=O) groups is 2. The lowest BCUT2D eigenvalue weighted by Gasteiger charge is -2.57. The number of aliphatic hydroxyl groups is 2. The van der Waals surface area contributed by atoms with E-state index in [1.54, 1.807) is 0 Å². The Bertz CT molecular complexity index is 669. The van der Waals surface area contributed by atoms with Crippen molar-refractivity contribution in [2.45, 2.75) is 77.6 Å². The largest absolute Gasteiger partial charge is 0.462 e. The van der Waals surface area contributed by atoms with Crippen molar-refractivity contribution < 1.29 is 24.5 Å². The van der Waals surface area contributed by atoms with E-state index in [1.165, 1.54) is 6.92 Å². The fourth-order valence-electron chi connectivity index (χ4n) is 6.74. The maximum atomic E-state index is 13.3. The minimum atomic E-state index is -0.668. The molecular weight excluding hydrogens is 332 g/mol. The predicted octanol–water partition coefficient (Wildman–Crippen LogP) is 2.39. The van der Waals surface area contributed by atoms with Crippen molar-refractivity contribution in [2.75, 3.05) is 0 Å². The van der Waals surface area contributed by atoms with E-state index in [-0.39, 0.29) is 41.0 Å². The van der Waals surface area contributed by atoms with E-state index in [9.17, 15) is 19.8 Å². The van der Waals surface area contributed by atoms with Gasteiger partial charge in [-0.05, 0) is 37.0 Å². The number of hydrogen-bond donors (Lipinski definition) is 2. The first-order valence-corrected chi connectivity index (χ1v) is 9.94. The van der Waals surface area contributed by atoms with Crippen LogP contribution in [0, 0.1) is 28.6 Å². The summed E-state index contributed by atoms with van der Waals surface area (Å²) in [7, 11) is 0. The van der Waals surface area contributed by atoms with Gasteiger partial charge in [-0.15, -0.1) is 0 Å². The lowest BCUT2D eigenvalue weighted by atomic mass is 9.47. The smallest absolute Gasteiger partial charge is 0.302 e. The van der Waals surface area contributed by atoms with Crippen LogP contribution in [0.15, 0.2) is 11.6 Å². The van der Waals surface area contributed by atoms with Gasteiger partial charge in [0.15, 0.2) is 0 Å². The van der Waals surface area contributed by atoms with Crippen LogP contribution in [0.3, 0.4) is 0 Å². The number of fused-ring (bicyclic) bond motifs is 5. The van der Waals surface area contributed by atoms with Crippen molar-refractivity contribution >= 4 is 11.8 Å². The summed E-state index contributed by atoms with van der Waals surface area (Å²) in [5.74, 6) is -0.224. The zero-order chi connectivity index (χ0) is 18.9. The van der Waals surface area contributed by atoms with Gasteiger partial charge in [-0.25, -0.2) is 0 Å². The standard InChI is InChI=1S/C21H30O5/c1-11(22)26-13-6-7-20(2)12(8-13)9-15(23)18-14-4-5-17(25)21(14,3)10-16(24)19(18)20/h9,13-15,17-19,23,25H,4-8,10H2,1-3H3/t13-,14?,15?,17-,18?,19?,20-,21-/m0/s1. The van der Waals surface area contributed by atoms with Crippen LogP contribution in [0.5, 0.6) is 0 Å². The third-order valence-corrected chi connectivity index (χ3v) is 8.06. The molecule has 0 aromatic heterocycles. The summed E-state index contributed by atoms with van der Waals surface area (Å²) in [6.45, 7) is 5.60. The van der Waals surface area contributed by atoms with Gasteiger partial charge in [-0.1, -0.05) is 25.5 Å². The van der Waals surface area contributed by atoms with E-state index >= 15 is 0 Å². The van der Waals surface area contributed by atoms with Crippen molar-refractivity contribution in [3.63, 3.8) is 0 Å². The number of Topliss-reactive ketones (excluding diaryl/α,β-unsaturated/α-hetero) is 1. The maximum absolute atomic E-state index is 13.3. The van der Waals surface area contributed by atoms with Gasteiger partial charge in [0.1, 0.15) is 11.9 Å². The molecule has 2 N–H and O–H groups in total. The van der Waals surface area contributed by atoms with Crippen LogP contribution < -0.4 is 0 Å². The van der Waals surface area contributed by atoms with E-state index < -0.39 is 17.6 Å². The molecule has 4 unspecified atom stereocenters. The molecule has 0 saturated heterocycles. The number of aliphatic hydroxyl groups excluding tert-OH is 2. The topological polar surface area (TPSA) is 83.8 Å². The number of hydrogen-bond acceptors (Lipinski definition) is 5. The molecule has 26 heavy (non-hydrogen) atoms. The molecule has 5 heteroatoms. The van der Waals surface area contributed by atoms with Crippen LogP contribution in [0.2, 0.25) is 0 Å². The lowest BCUT2D eigenvalue weighted by Crippen LogP contribution is -2.59. The van der Waals surface area contributed by atoms with Gasteiger partial charge in [0, 0.05) is 37.0 Å². The molecule has 0 bridgehead atoms. The van der Waals surface area contributed by atoms with Gasteiger partial charge in [0.05, 0.1) is 12.2 Å². The second kappa shape index (κ2) is 5.90. The molecule has 0 radical (unpaired) electrons. The Kier molecular flexibility index (Phi) is 4.12. The highest BCUT2D eigenvalue weighted by Crippen LogP contribution is 2.63. The fraction of sp³-hybridized carbons (Fsp3) is 0.810. The minimum Gasteiger partial charge on any atom is -0.462 e. The molecule has 0 aromatic rings. The molecule has 3 fully saturated rings. The first-order chi connectivity index (χ1) is 12.2. The monoisotopic (exact) mass is 362 g/mol. The van der Waals surface area contributed by atoms with E-state index in [2.05, 4.69) is 6.92 Å². The average molecular weight is 362 g/mol. The highest BCUT2D eigenvalue weighted by Gasteiger charge is 2.63. The van der Waals surface area contributed by atoms with Crippen LogP contribution in [0.25, 0.3) is 0 Å². The zero-order valence-corrected chi connectivity index (χ0v) is 15.9. The van der Waals surface area contributed by atoms with Gasteiger partial charge in [-0.2, -0.15) is 0 Å². The second-order valence-corrected chi connectivity index (χ2v) is 9.48. The Morgan fingerprint density at radius 3 is 2.65 bits per heavy atom. The molecule has 0 heterocycles. The van der Waals surface area contributed by atoms with Crippen LogP contribution in [0.1, 0.15) is 59.3 Å². The van der Waals surface area contributed by atoms with Crippen molar-refractivity contribution in [2.24, 2.45) is 28.6 Å². The van der Waals surface area contributed by atoms with Crippen molar-refractivity contribution in [1.29, 1.82) is 0 Å². The van der Waals surface area contributed by atoms with E-state index in [0.717, 1.165) is 24.8 Å². The van der Waals surface area contributed by atoms with Gasteiger partial charge in [-0.3, -0.25) is 9.59 Å². The average Bonchev–Trinajstić information content (AvgIpc) is 2.83. The molecule has 0 amide bonds. The first-order valence-electron chi connectivity index (χ1n) is 9.94. The van der Waals surface area contributed by atoms with E-state index in [0.29, 0.717) is 19.3 Å². The van der Waals surface area contributed by atoms with Crippen molar-refractivity contribution in [3.8, 4) is 0 Å². The lowest BCUT2D eigenvalue weighted by molar-refractivity contribution is -0.158. The van der Waals surface area contributed by atoms with Crippen LogP contribution in [-0.4, -0.2) is 40.3 Å². The predicted molar refractivity (Wildman–Crippen MR) is 95.0 cm³/mol. The van der Waals surface area contributed by atoms with Crippen LogP contribution >= 0.6 is 0 Å². The van der Waals surface area contributed by atoms with Gasteiger partial charge in [0.25, 0.3) is 0 Å². The zero-order valence-electron chi connectivity index (χ0n) is 15.9. The third-order valence-electron chi connectivity index (χ3n) is 8.06. The molecule has 3 saturated carbocycles. The molecule has 5 nitrogen and oxygen atoms in total. The molecule has 8 atom stereocenters. The molecule has 4 rings (SSSR count). The molecule has 0 spiro atoms. The quantitative estimate of drug-likeness (QED) is 0.553. The van der Waals surface area contributed by atoms with E-state index in [1.807, 2.05) is 13.0 Å². The number of esters is 1. The summed E-state index contributed by atoms with van der Waals surface area (Å²) in [6.07, 6.45) is 4.79. The Hall–Kier alpha value is -1.20. The molecule has 0 aromatic carbocycles. The molecule has 0 aliphatic heterocycles. The Labute approximate surface area is 154 Å². The second-order valence-electron chi connectivity index (χ2n) is 9.48. The summed E-state index contributed by atoms with van der Waals surface area (Å²) in [6, 6.07) is 0. The highest BCUT2D eigenvalue weighted by atomic mass is 16.5. The SMILES string of the molecule is CC(=O)O[C@H]1CC[C@@]2(C)C(=CC(O)C3C2C(=O)C[C@@]2(C)C3CC[C@@H]2O)C1. The number of rotatable bonds is 1. The fourth-order valence-corrected chi connectivity index (χ4v) is 6.74. The van der Waals surface area contributed by atoms with E-state index in [4.69, 9.17) is 4.74 Å². The number of ether oxygens (including phenoxy) is 1.